The number of para-hydroxylation sites is 1. The largest absolute Gasteiger partial charge is 0.461 e. The highest BCUT2D eigenvalue weighted by atomic mass is 16.3. The molecule has 1 aliphatic carbocycles. The molecule has 1 saturated carbocycles. The molecule has 1 fully saturated rings. The van der Waals surface area contributed by atoms with Gasteiger partial charge in [-0.15, -0.1) is 0 Å². The summed E-state index contributed by atoms with van der Waals surface area (Å²) in [6.45, 7) is 2.75. The molecule has 21 heavy (non-hydrogen) atoms. The number of amides is 1. The second-order valence-electron chi connectivity index (χ2n) is 6.03. The average Bonchev–Trinajstić information content (AvgIpc) is 3.14. The molecule has 0 unspecified atom stereocenters. The number of benzene rings is 1. The van der Waals surface area contributed by atoms with Gasteiger partial charge in [-0.1, -0.05) is 38.0 Å². The topological polar surface area (TPSA) is 33.5 Å². The predicted molar refractivity (Wildman–Crippen MR) is 84.0 cm³/mol. The molecular weight excluding hydrogens is 262 g/mol. The molecule has 1 aromatic carbocycles. The Kier molecular flexibility index (Phi) is 4.00. The fraction of sp³-hybridized carbons (Fsp3) is 0.500. The lowest BCUT2D eigenvalue weighted by atomic mass is 10.1. The van der Waals surface area contributed by atoms with Crippen molar-refractivity contribution < 1.29 is 9.21 Å². The van der Waals surface area contributed by atoms with E-state index in [1.54, 1.807) is 0 Å². The number of furan rings is 1. The van der Waals surface area contributed by atoms with E-state index in [-0.39, 0.29) is 5.92 Å². The van der Waals surface area contributed by atoms with Gasteiger partial charge in [0.1, 0.15) is 11.3 Å². The first-order valence-corrected chi connectivity index (χ1v) is 7.95. The Hall–Kier alpha value is -1.77. The van der Waals surface area contributed by atoms with Crippen LogP contribution in [-0.2, 0) is 17.8 Å². The summed E-state index contributed by atoms with van der Waals surface area (Å²) in [5.74, 6) is 1.53. The van der Waals surface area contributed by atoms with Gasteiger partial charge >= 0.3 is 0 Å². The van der Waals surface area contributed by atoms with Gasteiger partial charge < -0.3 is 9.32 Å². The molecule has 3 heteroatoms. The average molecular weight is 285 g/mol. The van der Waals surface area contributed by atoms with Crippen molar-refractivity contribution in [2.75, 3.05) is 7.05 Å². The smallest absolute Gasteiger partial charge is 0.225 e. The number of carbonyl (C=O) groups excluding carboxylic acids is 1. The van der Waals surface area contributed by atoms with Gasteiger partial charge in [0, 0.05) is 36.9 Å². The minimum Gasteiger partial charge on any atom is -0.461 e. The van der Waals surface area contributed by atoms with Crippen molar-refractivity contribution >= 4 is 16.9 Å². The maximum Gasteiger partial charge on any atom is 0.225 e. The van der Waals surface area contributed by atoms with E-state index >= 15 is 0 Å². The minimum absolute atomic E-state index is 0.234. The highest BCUT2D eigenvalue weighted by Crippen LogP contribution is 2.30. The second kappa shape index (κ2) is 5.92. The predicted octanol–water partition coefficient (Wildman–Crippen LogP) is 4.14. The first-order valence-electron chi connectivity index (χ1n) is 7.95. The maximum atomic E-state index is 12.5. The quantitative estimate of drug-likeness (QED) is 0.845. The van der Waals surface area contributed by atoms with Crippen molar-refractivity contribution in [3.05, 3.63) is 35.6 Å². The third kappa shape index (κ3) is 2.69. The molecule has 0 N–H and O–H groups in total. The van der Waals surface area contributed by atoms with Crippen LogP contribution in [0.15, 0.2) is 28.7 Å². The van der Waals surface area contributed by atoms with Crippen LogP contribution in [0.5, 0.6) is 0 Å². The van der Waals surface area contributed by atoms with Gasteiger partial charge in [0.05, 0.1) is 0 Å². The summed E-state index contributed by atoms with van der Waals surface area (Å²) in [5, 5.41) is 1.14. The van der Waals surface area contributed by atoms with Crippen LogP contribution >= 0.6 is 0 Å². The minimum atomic E-state index is 0.234. The standard InChI is InChI=1S/C18H23NO2/c1-3-16-15(14-10-6-7-11-17(14)21-16)12-19(2)18(20)13-8-4-5-9-13/h6-7,10-11,13H,3-5,8-9,12H2,1-2H3. The Morgan fingerprint density at radius 1 is 1.29 bits per heavy atom. The molecule has 0 spiro atoms. The van der Waals surface area contributed by atoms with E-state index in [0.717, 1.165) is 36.0 Å². The van der Waals surface area contributed by atoms with Crippen LogP contribution < -0.4 is 0 Å². The molecule has 0 atom stereocenters. The zero-order valence-corrected chi connectivity index (χ0v) is 12.9. The van der Waals surface area contributed by atoms with Gasteiger partial charge in [-0.25, -0.2) is 0 Å². The third-order valence-corrected chi connectivity index (χ3v) is 4.58. The van der Waals surface area contributed by atoms with Crippen LogP contribution in [-0.4, -0.2) is 17.9 Å². The van der Waals surface area contributed by atoms with Gasteiger partial charge in [-0.3, -0.25) is 4.79 Å². The Morgan fingerprint density at radius 2 is 2.00 bits per heavy atom. The molecule has 1 aliphatic rings. The van der Waals surface area contributed by atoms with Gasteiger partial charge in [-0.2, -0.15) is 0 Å². The maximum absolute atomic E-state index is 12.5. The van der Waals surface area contributed by atoms with E-state index in [0.29, 0.717) is 12.5 Å². The lowest BCUT2D eigenvalue weighted by Crippen LogP contribution is -2.31. The molecule has 3 rings (SSSR count). The summed E-state index contributed by atoms with van der Waals surface area (Å²) < 4.78 is 5.92. The number of aryl methyl sites for hydroxylation is 1. The molecule has 0 bridgehead atoms. The number of hydrogen-bond acceptors (Lipinski definition) is 2. The monoisotopic (exact) mass is 285 g/mol. The molecule has 1 amide bonds. The van der Waals surface area contributed by atoms with E-state index in [2.05, 4.69) is 13.0 Å². The van der Waals surface area contributed by atoms with Crippen LogP contribution in [0.1, 0.15) is 43.9 Å². The molecule has 0 radical (unpaired) electrons. The van der Waals surface area contributed by atoms with Crippen LogP contribution in [0.2, 0.25) is 0 Å². The van der Waals surface area contributed by atoms with Gasteiger partial charge in [-0.05, 0) is 18.9 Å². The second-order valence-corrected chi connectivity index (χ2v) is 6.03. The van der Waals surface area contributed by atoms with Crippen LogP contribution in [0, 0.1) is 5.92 Å². The number of nitrogens with zero attached hydrogens (tertiary/aromatic N) is 1. The molecular formula is C18H23NO2. The summed E-state index contributed by atoms with van der Waals surface area (Å²) >= 11 is 0. The van der Waals surface area contributed by atoms with Crippen molar-refractivity contribution in [1.29, 1.82) is 0 Å². The van der Waals surface area contributed by atoms with E-state index in [4.69, 9.17) is 4.42 Å². The highest BCUT2D eigenvalue weighted by Gasteiger charge is 2.26. The number of rotatable bonds is 4. The molecule has 1 aromatic heterocycles. The summed E-state index contributed by atoms with van der Waals surface area (Å²) in [6.07, 6.45) is 5.35. The summed E-state index contributed by atoms with van der Waals surface area (Å²) in [5.41, 5.74) is 2.09. The van der Waals surface area contributed by atoms with Crippen molar-refractivity contribution in [3.8, 4) is 0 Å². The van der Waals surface area contributed by atoms with Crippen molar-refractivity contribution in [2.24, 2.45) is 5.92 Å². The summed E-state index contributed by atoms with van der Waals surface area (Å²) in [4.78, 5) is 14.4. The molecule has 1 heterocycles. The van der Waals surface area contributed by atoms with Crippen molar-refractivity contribution in [1.82, 2.24) is 4.90 Å². The molecule has 3 nitrogen and oxygen atoms in total. The van der Waals surface area contributed by atoms with E-state index in [1.807, 2.05) is 30.1 Å². The Morgan fingerprint density at radius 3 is 2.71 bits per heavy atom. The third-order valence-electron chi connectivity index (χ3n) is 4.58. The van der Waals surface area contributed by atoms with E-state index in [1.165, 1.54) is 18.4 Å². The number of fused-ring (bicyclic) bond motifs is 1. The van der Waals surface area contributed by atoms with Crippen LogP contribution in [0.4, 0.5) is 0 Å². The van der Waals surface area contributed by atoms with Crippen LogP contribution in [0.3, 0.4) is 0 Å². The summed E-state index contributed by atoms with van der Waals surface area (Å²) in [6, 6.07) is 8.10. The molecule has 0 saturated heterocycles. The normalized spacial score (nSPS) is 15.7. The zero-order valence-electron chi connectivity index (χ0n) is 12.9. The van der Waals surface area contributed by atoms with Gasteiger partial charge in [0.15, 0.2) is 0 Å². The summed E-state index contributed by atoms with van der Waals surface area (Å²) in [7, 11) is 1.92. The number of hydrogen-bond donors (Lipinski definition) is 0. The first-order chi connectivity index (χ1) is 10.2. The fourth-order valence-electron chi connectivity index (χ4n) is 3.41. The Bertz CT molecular complexity index is 638. The highest BCUT2D eigenvalue weighted by molar-refractivity contribution is 5.84. The first kappa shape index (κ1) is 14.2. The Labute approximate surface area is 125 Å². The van der Waals surface area contributed by atoms with E-state index in [9.17, 15) is 4.79 Å². The Balaban J connectivity index is 1.84. The molecule has 0 aliphatic heterocycles. The van der Waals surface area contributed by atoms with Crippen molar-refractivity contribution in [3.63, 3.8) is 0 Å². The SMILES string of the molecule is CCc1oc2ccccc2c1CN(C)C(=O)C1CCCC1. The zero-order chi connectivity index (χ0) is 14.8. The van der Waals surface area contributed by atoms with Gasteiger partial charge in [0.25, 0.3) is 0 Å². The number of carbonyl (C=O) groups is 1. The molecule has 2 aromatic rings. The molecule has 112 valence electrons. The van der Waals surface area contributed by atoms with Crippen LogP contribution in [0.25, 0.3) is 11.0 Å². The fourth-order valence-corrected chi connectivity index (χ4v) is 3.41. The van der Waals surface area contributed by atoms with Crippen molar-refractivity contribution in [2.45, 2.75) is 45.6 Å². The lowest BCUT2D eigenvalue weighted by Gasteiger charge is -2.21. The van der Waals surface area contributed by atoms with Gasteiger partial charge in [0.2, 0.25) is 5.91 Å². The lowest BCUT2D eigenvalue weighted by molar-refractivity contribution is -0.134. The van der Waals surface area contributed by atoms with E-state index < -0.39 is 0 Å².